The molecule has 1 heterocycles. The van der Waals surface area contributed by atoms with Crippen molar-refractivity contribution < 1.29 is 9.47 Å². The van der Waals surface area contributed by atoms with E-state index in [0.717, 1.165) is 83.7 Å². The van der Waals surface area contributed by atoms with Crippen molar-refractivity contribution in [1.82, 2.24) is 15.5 Å². The Morgan fingerprint density at radius 2 is 1.79 bits per heavy atom. The zero-order valence-corrected chi connectivity index (χ0v) is 17.9. The van der Waals surface area contributed by atoms with E-state index in [2.05, 4.69) is 50.9 Å². The van der Waals surface area contributed by atoms with Crippen LogP contribution >= 0.6 is 0 Å². The molecule has 2 fully saturated rings. The van der Waals surface area contributed by atoms with E-state index in [-0.39, 0.29) is 0 Å². The fourth-order valence-electron chi connectivity index (χ4n) is 3.60. The Balaban J connectivity index is 1.16. The summed E-state index contributed by atoms with van der Waals surface area (Å²) in [6.45, 7) is 7.42. The van der Waals surface area contributed by atoms with Crippen molar-refractivity contribution in [3.05, 3.63) is 35.9 Å². The number of ether oxygens (including phenoxy) is 2. The van der Waals surface area contributed by atoms with Gasteiger partial charge in [0.25, 0.3) is 0 Å². The largest absolute Gasteiger partial charge is 0.379 e. The van der Waals surface area contributed by atoms with Crippen LogP contribution in [0.3, 0.4) is 0 Å². The summed E-state index contributed by atoms with van der Waals surface area (Å²) in [7, 11) is 1.81. The Labute approximate surface area is 176 Å². The second-order valence-corrected chi connectivity index (χ2v) is 8.13. The summed E-state index contributed by atoms with van der Waals surface area (Å²) < 4.78 is 11.7. The Hall–Kier alpha value is -1.63. The lowest BCUT2D eigenvalue weighted by molar-refractivity contribution is 0.00534. The molecule has 2 aliphatic rings. The van der Waals surface area contributed by atoms with Crippen LogP contribution < -0.4 is 10.6 Å². The molecular formula is C23H38N4O2. The van der Waals surface area contributed by atoms with Gasteiger partial charge in [-0.25, -0.2) is 0 Å². The predicted molar refractivity (Wildman–Crippen MR) is 118 cm³/mol. The van der Waals surface area contributed by atoms with Crippen LogP contribution in [0.1, 0.15) is 37.7 Å². The van der Waals surface area contributed by atoms with Crippen LogP contribution in [0.4, 0.5) is 0 Å². The number of hydrogen-bond acceptors (Lipinski definition) is 4. The minimum Gasteiger partial charge on any atom is -0.379 e. The number of guanidine groups is 1. The van der Waals surface area contributed by atoms with Gasteiger partial charge in [-0.2, -0.15) is 0 Å². The number of piperidine rings is 1. The summed E-state index contributed by atoms with van der Waals surface area (Å²) in [5.41, 5.74) is 1.40. The molecule has 29 heavy (non-hydrogen) atoms. The van der Waals surface area contributed by atoms with Crippen LogP contribution in [0.15, 0.2) is 35.3 Å². The molecule has 6 nitrogen and oxygen atoms in total. The van der Waals surface area contributed by atoms with Crippen LogP contribution in [0.5, 0.6) is 0 Å². The highest BCUT2D eigenvalue weighted by Crippen LogP contribution is 2.28. The maximum atomic E-state index is 6.09. The summed E-state index contributed by atoms with van der Waals surface area (Å²) >= 11 is 0. The van der Waals surface area contributed by atoms with Gasteiger partial charge in [-0.1, -0.05) is 30.3 Å². The van der Waals surface area contributed by atoms with Crippen LogP contribution in [0.2, 0.25) is 0 Å². The molecule has 0 aromatic heterocycles. The maximum Gasteiger partial charge on any atom is 0.191 e. The van der Waals surface area contributed by atoms with E-state index in [1.807, 2.05) is 0 Å². The average molecular weight is 403 g/mol. The standard InChI is InChI=1S/C23H38N4O2/c1-24-23(26-13-17-28-19-21-8-9-21)25-12-5-16-29-22-10-14-27(15-11-22)18-20-6-3-2-4-7-20/h2-4,6-7,21-22H,5,8-19H2,1H3,(H2,24,25,26). The molecule has 0 amide bonds. The van der Waals surface area contributed by atoms with Crippen molar-refractivity contribution in [2.24, 2.45) is 10.9 Å². The smallest absolute Gasteiger partial charge is 0.191 e. The van der Waals surface area contributed by atoms with Gasteiger partial charge in [0, 0.05) is 53.0 Å². The summed E-state index contributed by atoms with van der Waals surface area (Å²) in [4.78, 5) is 6.78. The van der Waals surface area contributed by atoms with E-state index in [9.17, 15) is 0 Å². The highest BCUT2D eigenvalue weighted by atomic mass is 16.5. The molecule has 1 aliphatic heterocycles. The SMILES string of the molecule is CN=C(NCCCOC1CCN(Cc2ccccc2)CC1)NCCOCC1CC1. The van der Waals surface area contributed by atoms with Gasteiger partial charge in [-0.3, -0.25) is 9.89 Å². The Kier molecular flexibility index (Phi) is 9.76. The molecule has 1 aliphatic carbocycles. The Morgan fingerprint density at radius 3 is 2.52 bits per heavy atom. The lowest BCUT2D eigenvalue weighted by Gasteiger charge is -2.32. The van der Waals surface area contributed by atoms with E-state index >= 15 is 0 Å². The van der Waals surface area contributed by atoms with Gasteiger partial charge in [0.1, 0.15) is 0 Å². The fourth-order valence-corrected chi connectivity index (χ4v) is 3.60. The van der Waals surface area contributed by atoms with E-state index < -0.39 is 0 Å². The first kappa shape index (κ1) is 22.1. The minimum atomic E-state index is 0.406. The van der Waals surface area contributed by atoms with E-state index in [1.165, 1.54) is 18.4 Å². The minimum absolute atomic E-state index is 0.406. The Morgan fingerprint density at radius 1 is 1.03 bits per heavy atom. The van der Waals surface area contributed by atoms with Crippen LogP contribution in [0, 0.1) is 5.92 Å². The zero-order chi connectivity index (χ0) is 20.2. The molecule has 1 saturated carbocycles. The fraction of sp³-hybridized carbons (Fsp3) is 0.696. The molecule has 1 saturated heterocycles. The number of rotatable bonds is 12. The number of nitrogens with one attached hydrogen (secondary N) is 2. The van der Waals surface area contributed by atoms with Crippen molar-refractivity contribution >= 4 is 5.96 Å². The van der Waals surface area contributed by atoms with Gasteiger partial charge in [0.05, 0.1) is 12.7 Å². The van der Waals surface area contributed by atoms with Crippen molar-refractivity contribution in [2.75, 3.05) is 53.0 Å². The second-order valence-electron chi connectivity index (χ2n) is 8.13. The summed E-state index contributed by atoms with van der Waals surface area (Å²) in [6, 6.07) is 10.7. The molecule has 0 bridgehead atoms. The molecule has 0 unspecified atom stereocenters. The first-order valence-electron chi connectivity index (χ1n) is 11.2. The predicted octanol–water partition coefficient (Wildman–Crippen LogP) is 2.65. The van der Waals surface area contributed by atoms with Crippen molar-refractivity contribution in [2.45, 2.75) is 44.8 Å². The highest BCUT2D eigenvalue weighted by Gasteiger charge is 2.21. The van der Waals surface area contributed by atoms with Crippen molar-refractivity contribution in [3.8, 4) is 0 Å². The van der Waals surface area contributed by atoms with E-state index in [4.69, 9.17) is 9.47 Å². The monoisotopic (exact) mass is 402 g/mol. The molecule has 0 spiro atoms. The molecule has 0 radical (unpaired) electrons. The second kappa shape index (κ2) is 12.8. The van der Waals surface area contributed by atoms with Crippen LogP contribution in [-0.4, -0.2) is 70.0 Å². The van der Waals surface area contributed by atoms with Gasteiger partial charge in [0.15, 0.2) is 5.96 Å². The van der Waals surface area contributed by atoms with Crippen molar-refractivity contribution in [1.29, 1.82) is 0 Å². The first-order valence-corrected chi connectivity index (χ1v) is 11.2. The topological polar surface area (TPSA) is 58.1 Å². The van der Waals surface area contributed by atoms with Crippen LogP contribution in [0.25, 0.3) is 0 Å². The van der Waals surface area contributed by atoms with E-state index in [0.29, 0.717) is 6.10 Å². The third-order valence-corrected chi connectivity index (χ3v) is 5.56. The highest BCUT2D eigenvalue weighted by molar-refractivity contribution is 5.79. The van der Waals surface area contributed by atoms with E-state index in [1.54, 1.807) is 7.05 Å². The molecule has 2 N–H and O–H groups in total. The Bertz CT molecular complexity index is 584. The molecule has 162 valence electrons. The van der Waals surface area contributed by atoms with Gasteiger partial charge < -0.3 is 20.1 Å². The number of aliphatic imine (C=N–C) groups is 1. The molecule has 0 atom stereocenters. The number of hydrogen-bond donors (Lipinski definition) is 2. The number of benzene rings is 1. The van der Waals surface area contributed by atoms with Crippen LogP contribution in [-0.2, 0) is 16.0 Å². The lowest BCUT2D eigenvalue weighted by Crippen LogP contribution is -2.40. The number of nitrogens with zero attached hydrogens (tertiary/aromatic N) is 2. The third-order valence-electron chi connectivity index (χ3n) is 5.56. The zero-order valence-electron chi connectivity index (χ0n) is 17.9. The molecule has 6 heteroatoms. The molecule has 1 aromatic rings. The van der Waals surface area contributed by atoms with Gasteiger partial charge in [-0.15, -0.1) is 0 Å². The van der Waals surface area contributed by atoms with Gasteiger partial charge in [0.2, 0.25) is 0 Å². The lowest BCUT2D eigenvalue weighted by atomic mass is 10.1. The normalized spacial score (nSPS) is 18.7. The third kappa shape index (κ3) is 9.15. The molecule has 1 aromatic carbocycles. The van der Waals surface area contributed by atoms with Gasteiger partial charge >= 0.3 is 0 Å². The summed E-state index contributed by atoms with van der Waals surface area (Å²) in [6.07, 6.45) is 6.33. The summed E-state index contributed by atoms with van der Waals surface area (Å²) in [5.74, 6) is 1.66. The van der Waals surface area contributed by atoms with Crippen molar-refractivity contribution in [3.63, 3.8) is 0 Å². The molecule has 3 rings (SSSR count). The number of likely N-dealkylation sites (tertiary alicyclic amines) is 1. The van der Waals surface area contributed by atoms with Gasteiger partial charge in [-0.05, 0) is 43.6 Å². The summed E-state index contributed by atoms with van der Waals surface area (Å²) in [5, 5.41) is 6.64. The maximum absolute atomic E-state index is 6.09. The first-order chi connectivity index (χ1) is 14.3. The average Bonchev–Trinajstić information content (AvgIpc) is 3.58. The quantitative estimate of drug-likeness (QED) is 0.320. The molecular weight excluding hydrogens is 364 g/mol.